The van der Waals surface area contributed by atoms with Crippen LogP contribution in [0.1, 0.15) is 10.9 Å². The number of carbonyl (C=O) groups is 1. The summed E-state index contributed by atoms with van der Waals surface area (Å²) in [5.41, 5.74) is 5.79. The lowest BCUT2D eigenvalue weighted by molar-refractivity contribution is -0.142. The molecule has 0 spiro atoms. The first-order valence-corrected chi connectivity index (χ1v) is 5.88. The summed E-state index contributed by atoms with van der Waals surface area (Å²) < 4.78 is 10.8. The highest BCUT2D eigenvalue weighted by atomic mass is 32.1. The minimum Gasteiger partial charge on any atom is -0.497 e. The molecule has 2 rings (SSSR count). The molecule has 0 aliphatic rings. The number of carbonyl (C=O) groups excluding carboxylic acids is 1. The fourth-order valence-electron chi connectivity index (χ4n) is 1.56. The van der Waals surface area contributed by atoms with Gasteiger partial charge in [-0.05, 0) is 29.7 Å². The number of nitrogens with two attached hydrogens (primary N) is 1. The van der Waals surface area contributed by atoms with Crippen LogP contribution in [0.15, 0.2) is 24.3 Å². The molecular weight excluding hydrogens is 238 g/mol. The van der Waals surface area contributed by atoms with E-state index in [1.807, 2.05) is 24.3 Å². The van der Waals surface area contributed by atoms with Gasteiger partial charge in [0.25, 0.3) is 0 Å². The third-order valence-electron chi connectivity index (χ3n) is 2.51. The smallest absolute Gasteiger partial charge is 0.328 e. The average molecular weight is 251 g/mol. The molecule has 1 heterocycles. The number of methoxy groups -OCH3 is 2. The van der Waals surface area contributed by atoms with Gasteiger partial charge in [-0.1, -0.05) is 0 Å². The maximum Gasteiger partial charge on any atom is 0.328 e. The van der Waals surface area contributed by atoms with Crippen LogP contribution in [0.2, 0.25) is 0 Å². The predicted octanol–water partition coefficient (Wildman–Crippen LogP) is 2.08. The van der Waals surface area contributed by atoms with E-state index in [4.69, 9.17) is 10.5 Å². The van der Waals surface area contributed by atoms with E-state index < -0.39 is 12.0 Å². The molecule has 5 heteroatoms. The van der Waals surface area contributed by atoms with Crippen LogP contribution in [0, 0.1) is 0 Å². The topological polar surface area (TPSA) is 61.5 Å². The van der Waals surface area contributed by atoms with Crippen LogP contribution >= 0.6 is 11.3 Å². The lowest BCUT2D eigenvalue weighted by atomic mass is 10.2. The van der Waals surface area contributed by atoms with Crippen LogP contribution in [-0.4, -0.2) is 20.2 Å². The number of fused-ring (bicyclic) bond motifs is 1. The van der Waals surface area contributed by atoms with Gasteiger partial charge in [0.15, 0.2) is 0 Å². The van der Waals surface area contributed by atoms with Crippen molar-refractivity contribution >= 4 is 27.4 Å². The van der Waals surface area contributed by atoms with Crippen molar-refractivity contribution in [2.75, 3.05) is 14.2 Å². The Kier molecular flexibility index (Phi) is 3.31. The van der Waals surface area contributed by atoms with Crippen molar-refractivity contribution in [1.82, 2.24) is 0 Å². The fourth-order valence-corrected chi connectivity index (χ4v) is 2.64. The van der Waals surface area contributed by atoms with Gasteiger partial charge in [0.1, 0.15) is 11.8 Å². The molecule has 2 aromatic rings. The van der Waals surface area contributed by atoms with E-state index in [0.717, 1.165) is 20.7 Å². The zero-order valence-electron chi connectivity index (χ0n) is 9.60. The molecule has 0 fully saturated rings. The van der Waals surface area contributed by atoms with Crippen molar-refractivity contribution in [3.63, 3.8) is 0 Å². The summed E-state index contributed by atoms with van der Waals surface area (Å²) in [6, 6.07) is 6.93. The second-order valence-electron chi connectivity index (χ2n) is 3.55. The molecule has 1 aromatic heterocycles. The lowest BCUT2D eigenvalue weighted by Crippen LogP contribution is -2.21. The first-order valence-electron chi connectivity index (χ1n) is 5.06. The van der Waals surface area contributed by atoms with Crippen molar-refractivity contribution in [1.29, 1.82) is 0 Å². The molecule has 0 saturated carbocycles. The lowest BCUT2D eigenvalue weighted by Gasteiger charge is -2.05. The molecule has 17 heavy (non-hydrogen) atoms. The van der Waals surface area contributed by atoms with Gasteiger partial charge in [0.05, 0.1) is 14.2 Å². The number of benzene rings is 1. The van der Waals surface area contributed by atoms with Gasteiger partial charge in [-0.15, -0.1) is 11.3 Å². The Morgan fingerprint density at radius 1 is 1.35 bits per heavy atom. The molecule has 90 valence electrons. The van der Waals surface area contributed by atoms with Crippen LogP contribution in [-0.2, 0) is 9.53 Å². The molecule has 2 N–H and O–H groups in total. The largest absolute Gasteiger partial charge is 0.497 e. The normalized spacial score (nSPS) is 12.4. The van der Waals surface area contributed by atoms with Gasteiger partial charge < -0.3 is 15.2 Å². The highest BCUT2D eigenvalue weighted by Gasteiger charge is 2.18. The van der Waals surface area contributed by atoms with Crippen LogP contribution in [0.5, 0.6) is 5.75 Å². The Balaban J connectivity index is 2.40. The average Bonchev–Trinajstić information content (AvgIpc) is 2.79. The minimum atomic E-state index is -0.719. The number of esters is 1. The highest BCUT2D eigenvalue weighted by Crippen LogP contribution is 2.32. The zero-order chi connectivity index (χ0) is 12.4. The van der Waals surface area contributed by atoms with E-state index in [9.17, 15) is 4.79 Å². The van der Waals surface area contributed by atoms with Crippen LogP contribution in [0.4, 0.5) is 0 Å². The van der Waals surface area contributed by atoms with Gasteiger partial charge >= 0.3 is 5.97 Å². The highest BCUT2D eigenvalue weighted by molar-refractivity contribution is 7.19. The van der Waals surface area contributed by atoms with E-state index in [0.29, 0.717) is 0 Å². The molecule has 4 nitrogen and oxygen atoms in total. The predicted molar refractivity (Wildman–Crippen MR) is 67.3 cm³/mol. The quantitative estimate of drug-likeness (QED) is 0.848. The second kappa shape index (κ2) is 4.73. The number of hydrogen-bond donors (Lipinski definition) is 1. The molecular formula is C12H13NO3S. The van der Waals surface area contributed by atoms with E-state index in [2.05, 4.69) is 4.74 Å². The number of hydrogen-bond acceptors (Lipinski definition) is 5. The Morgan fingerprint density at radius 3 is 2.76 bits per heavy atom. The summed E-state index contributed by atoms with van der Waals surface area (Å²) in [5.74, 6) is 0.362. The maximum atomic E-state index is 11.3. The van der Waals surface area contributed by atoms with E-state index in [-0.39, 0.29) is 0 Å². The summed E-state index contributed by atoms with van der Waals surface area (Å²) in [5, 5.41) is 1.05. The molecule has 0 aliphatic carbocycles. The molecule has 0 saturated heterocycles. The van der Waals surface area contributed by atoms with Gasteiger partial charge in [-0.3, -0.25) is 0 Å². The monoisotopic (exact) mass is 251 g/mol. The van der Waals surface area contributed by atoms with Crippen LogP contribution in [0.25, 0.3) is 10.1 Å². The zero-order valence-corrected chi connectivity index (χ0v) is 10.4. The Bertz CT molecular complexity index is 550. The van der Waals surface area contributed by atoms with E-state index in [1.165, 1.54) is 18.4 Å². The SMILES string of the molecule is COC(=O)C(N)c1cc2ccc(OC)cc2s1. The number of ether oxygens (including phenoxy) is 2. The summed E-state index contributed by atoms with van der Waals surface area (Å²) >= 11 is 1.47. The summed E-state index contributed by atoms with van der Waals surface area (Å²) in [6.45, 7) is 0. The summed E-state index contributed by atoms with van der Waals surface area (Å²) in [4.78, 5) is 12.1. The Labute approximate surface area is 103 Å². The Hall–Kier alpha value is -1.59. The van der Waals surface area contributed by atoms with Gasteiger partial charge in [-0.25, -0.2) is 4.79 Å². The summed E-state index contributed by atoms with van der Waals surface area (Å²) in [6.07, 6.45) is 0. The van der Waals surface area contributed by atoms with Gasteiger partial charge in [0.2, 0.25) is 0 Å². The molecule has 0 radical (unpaired) electrons. The first-order chi connectivity index (χ1) is 8.15. The van der Waals surface area contributed by atoms with E-state index in [1.54, 1.807) is 7.11 Å². The van der Waals surface area contributed by atoms with Crippen LogP contribution < -0.4 is 10.5 Å². The van der Waals surface area contributed by atoms with Crippen molar-refractivity contribution in [3.05, 3.63) is 29.1 Å². The van der Waals surface area contributed by atoms with Gasteiger partial charge in [0, 0.05) is 9.58 Å². The Morgan fingerprint density at radius 2 is 2.12 bits per heavy atom. The first kappa shape index (κ1) is 11.9. The van der Waals surface area contributed by atoms with Crippen molar-refractivity contribution in [2.45, 2.75) is 6.04 Å². The third-order valence-corrected chi connectivity index (χ3v) is 3.69. The molecule has 0 amide bonds. The molecule has 1 atom stereocenters. The van der Waals surface area contributed by atoms with Crippen LogP contribution in [0.3, 0.4) is 0 Å². The summed E-state index contributed by atoms with van der Waals surface area (Å²) in [7, 11) is 2.95. The fraction of sp³-hybridized carbons (Fsp3) is 0.250. The number of rotatable bonds is 3. The number of thiophene rings is 1. The van der Waals surface area contributed by atoms with E-state index >= 15 is 0 Å². The maximum absolute atomic E-state index is 11.3. The van der Waals surface area contributed by atoms with Gasteiger partial charge in [-0.2, -0.15) is 0 Å². The third kappa shape index (κ3) is 2.25. The molecule has 0 aliphatic heterocycles. The molecule has 1 unspecified atom stereocenters. The van der Waals surface area contributed by atoms with Crippen molar-refractivity contribution < 1.29 is 14.3 Å². The minimum absolute atomic E-state index is 0.427. The van der Waals surface area contributed by atoms with Crippen molar-refractivity contribution in [2.24, 2.45) is 5.73 Å². The molecule has 0 bridgehead atoms. The van der Waals surface area contributed by atoms with Crippen molar-refractivity contribution in [3.8, 4) is 5.75 Å². The molecule has 1 aromatic carbocycles. The second-order valence-corrected chi connectivity index (χ2v) is 4.67. The standard InChI is InChI=1S/C12H13NO3S/c1-15-8-4-3-7-5-10(17-9(7)6-8)11(13)12(14)16-2/h3-6,11H,13H2,1-2H3.